The fourth-order valence-corrected chi connectivity index (χ4v) is 3.54. The van der Waals surface area contributed by atoms with Gasteiger partial charge in [0.15, 0.2) is 0 Å². The van der Waals surface area contributed by atoms with Crippen LogP contribution in [0, 0.1) is 19.8 Å². The summed E-state index contributed by atoms with van der Waals surface area (Å²) in [5.74, 6) is -0.233. The molecular weight excluding hydrogens is 349 g/mol. The van der Waals surface area contributed by atoms with Crippen LogP contribution < -0.4 is 5.32 Å². The average molecular weight is 367 g/mol. The standard InChI is InChI=1S/C20H18FN3OS/c1-13-8-14(2)10-16(9-13)24-19(25)17-4-3-6-23-20(17)26-12-15-5-7-22-18(21)11-15/h3-11H,12H2,1-2H3,(H,24,25). The van der Waals surface area contributed by atoms with E-state index in [1.165, 1.54) is 24.0 Å². The SMILES string of the molecule is Cc1cc(C)cc(NC(=O)c2cccnc2SCc2ccnc(F)c2)c1. The summed E-state index contributed by atoms with van der Waals surface area (Å²) >= 11 is 1.39. The lowest BCUT2D eigenvalue weighted by Crippen LogP contribution is -2.14. The summed E-state index contributed by atoms with van der Waals surface area (Å²) in [6.45, 7) is 3.98. The number of anilines is 1. The molecule has 2 heterocycles. The minimum atomic E-state index is -0.517. The van der Waals surface area contributed by atoms with Gasteiger partial charge in [0.2, 0.25) is 5.95 Å². The molecule has 3 rings (SSSR count). The van der Waals surface area contributed by atoms with Crippen LogP contribution in [0.25, 0.3) is 0 Å². The van der Waals surface area contributed by atoms with Crippen molar-refractivity contribution in [2.24, 2.45) is 0 Å². The highest BCUT2D eigenvalue weighted by Gasteiger charge is 2.13. The molecule has 2 aromatic heterocycles. The molecule has 3 aromatic rings. The molecule has 0 aliphatic carbocycles. The topological polar surface area (TPSA) is 54.9 Å². The van der Waals surface area contributed by atoms with E-state index in [1.807, 2.05) is 26.0 Å². The van der Waals surface area contributed by atoms with Gasteiger partial charge in [-0.2, -0.15) is 4.39 Å². The number of thioether (sulfide) groups is 1. The zero-order valence-corrected chi connectivity index (χ0v) is 15.3. The number of aryl methyl sites for hydroxylation is 2. The molecule has 0 unspecified atom stereocenters. The summed E-state index contributed by atoms with van der Waals surface area (Å²) in [6, 6.07) is 12.5. The summed E-state index contributed by atoms with van der Waals surface area (Å²) in [7, 11) is 0. The van der Waals surface area contributed by atoms with Crippen molar-refractivity contribution in [2.45, 2.75) is 24.6 Å². The molecular formula is C20H18FN3OS. The Hall–Kier alpha value is -2.73. The summed E-state index contributed by atoms with van der Waals surface area (Å²) in [4.78, 5) is 20.5. The highest BCUT2D eigenvalue weighted by molar-refractivity contribution is 7.98. The van der Waals surface area contributed by atoms with E-state index in [4.69, 9.17) is 0 Å². The first-order valence-electron chi connectivity index (χ1n) is 8.09. The van der Waals surface area contributed by atoms with Gasteiger partial charge in [-0.1, -0.05) is 6.07 Å². The summed E-state index contributed by atoms with van der Waals surface area (Å²) in [5.41, 5.74) is 4.20. The maximum atomic E-state index is 13.2. The molecule has 4 nitrogen and oxygen atoms in total. The number of aromatic nitrogens is 2. The third-order valence-electron chi connectivity index (χ3n) is 3.66. The molecule has 132 valence electrons. The Morgan fingerprint density at radius 3 is 2.58 bits per heavy atom. The largest absolute Gasteiger partial charge is 0.322 e. The van der Waals surface area contributed by atoms with Gasteiger partial charge in [0, 0.05) is 23.8 Å². The van der Waals surface area contributed by atoms with E-state index >= 15 is 0 Å². The number of pyridine rings is 2. The van der Waals surface area contributed by atoms with Crippen LogP contribution in [0.5, 0.6) is 0 Å². The van der Waals surface area contributed by atoms with Crippen molar-refractivity contribution in [2.75, 3.05) is 5.32 Å². The van der Waals surface area contributed by atoms with Crippen LogP contribution in [-0.4, -0.2) is 15.9 Å². The Kier molecular flexibility index (Phi) is 5.63. The molecule has 0 atom stereocenters. The lowest BCUT2D eigenvalue weighted by atomic mass is 10.1. The van der Waals surface area contributed by atoms with Crippen LogP contribution in [0.1, 0.15) is 27.0 Å². The highest BCUT2D eigenvalue weighted by atomic mass is 32.2. The number of hydrogen-bond donors (Lipinski definition) is 1. The molecule has 26 heavy (non-hydrogen) atoms. The molecule has 0 spiro atoms. The lowest BCUT2D eigenvalue weighted by Gasteiger charge is -2.10. The van der Waals surface area contributed by atoms with Crippen molar-refractivity contribution in [1.29, 1.82) is 0 Å². The van der Waals surface area contributed by atoms with Gasteiger partial charge < -0.3 is 5.32 Å². The van der Waals surface area contributed by atoms with Crippen molar-refractivity contribution < 1.29 is 9.18 Å². The Morgan fingerprint density at radius 1 is 1.08 bits per heavy atom. The van der Waals surface area contributed by atoms with Crippen LogP contribution in [-0.2, 0) is 5.75 Å². The fraction of sp³-hybridized carbons (Fsp3) is 0.150. The highest BCUT2D eigenvalue weighted by Crippen LogP contribution is 2.25. The normalized spacial score (nSPS) is 10.6. The van der Waals surface area contributed by atoms with E-state index in [1.54, 1.807) is 24.4 Å². The van der Waals surface area contributed by atoms with Crippen molar-refractivity contribution in [3.63, 3.8) is 0 Å². The van der Waals surface area contributed by atoms with Gasteiger partial charge in [-0.25, -0.2) is 9.97 Å². The second-order valence-corrected chi connectivity index (χ2v) is 6.93. The number of carbonyl (C=O) groups is 1. The van der Waals surface area contributed by atoms with Crippen LogP contribution in [0.2, 0.25) is 0 Å². The van der Waals surface area contributed by atoms with Gasteiger partial charge in [0.05, 0.1) is 5.56 Å². The number of rotatable bonds is 5. The van der Waals surface area contributed by atoms with Crippen molar-refractivity contribution >= 4 is 23.4 Å². The Bertz CT molecular complexity index is 926. The van der Waals surface area contributed by atoms with E-state index in [-0.39, 0.29) is 5.91 Å². The monoisotopic (exact) mass is 367 g/mol. The maximum Gasteiger partial charge on any atom is 0.258 e. The van der Waals surface area contributed by atoms with Gasteiger partial charge in [-0.15, -0.1) is 11.8 Å². The van der Waals surface area contributed by atoms with Crippen molar-refractivity contribution in [1.82, 2.24) is 9.97 Å². The Balaban J connectivity index is 1.76. The first-order valence-corrected chi connectivity index (χ1v) is 9.08. The van der Waals surface area contributed by atoms with Gasteiger partial charge in [-0.05, 0) is 66.9 Å². The van der Waals surface area contributed by atoms with Crippen LogP contribution in [0.15, 0.2) is 59.9 Å². The number of carbonyl (C=O) groups excluding carboxylic acids is 1. The van der Waals surface area contributed by atoms with Crippen molar-refractivity contribution in [3.05, 3.63) is 83.1 Å². The third-order valence-corrected chi connectivity index (χ3v) is 4.74. The molecule has 1 amide bonds. The minimum Gasteiger partial charge on any atom is -0.322 e. The molecule has 0 aliphatic rings. The molecule has 0 saturated heterocycles. The molecule has 0 bridgehead atoms. The van der Waals surface area contributed by atoms with Gasteiger partial charge in [0.25, 0.3) is 5.91 Å². The summed E-state index contributed by atoms with van der Waals surface area (Å²) in [5, 5.41) is 3.53. The fourth-order valence-electron chi connectivity index (χ4n) is 2.61. The number of nitrogens with zero attached hydrogens (tertiary/aromatic N) is 2. The third kappa shape index (κ3) is 4.67. The molecule has 1 aromatic carbocycles. The second-order valence-electron chi connectivity index (χ2n) is 5.96. The molecule has 0 radical (unpaired) electrons. The molecule has 0 fully saturated rings. The zero-order valence-electron chi connectivity index (χ0n) is 14.5. The van der Waals surface area contributed by atoms with Gasteiger partial charge >= 0.3 is 0 Å². The summed E-state index contributed by atoms with van der Waals surface area (Å²) in [6.07, 6.45) is 3.07. The second kappa shape index (κ2) is 8.10. The van der Waals surface area contributed by atoms with E-state index in [0.29, 0.717) is 16.3 Å². The van der Waals surface area contributed by atoms with Crippen LogP contribution in [0.3, 0.4) is 0 Å². The number of benzene rings is 1. The van der Waals surface area contributed by atoms with Gasteiger partial charge in [-0.3, -0.25) is 4.79 Å². The van der Waals surface area contributed by atoms with E-state index < -0.39 is 5.95 Å². The first kappa shape index (κ1) is 18.1. The van der Waals surface area contributed by atoms with Crippen LogP contribution >= 0.6 is 11.8 Å². The molecule has 0 aliphatic heterocycles. The van der Waals surface area contributed by atoms with Crippen LogP contribution in [0.4, 0.5) is 10.1 Å². The number of nitrogens with one attached hydrogen (secondary N) is 1. The Labute approximate surface area is 155 Å². The minimum absolute atomic E-state index is 0.216. The van der Waals surface area contributed by atoms with E-state index in [9.17, 15) is 9.18 Å². The smallest absolute Gasteiger partial charge is 0.258 e. The first-order chi connectivity index (χ1) is 12.5. The number of hydrogen-bond acceptors (Lipinski definition) is 4. The molecule has 6 heteroatoms. The summed E-state index contributed by atoms with van der Waals surface area (Å²) < 4.78 is 13.2. The Morgan fingerprint density at radius 2 is 1.85 bits per heavy atom. The predicted octanol–water partition coefficient (Wildman–Crippen LogP) is 4.78. The average Bonchev–Trinajstić information content (AvgIpc) is 2.59. The lowest BCUT2D eigenvalue weighted by molar-refractivity contribution is 0.102. The number of halogens is 1. The van der Waals surface area contributed by atoms with E-state index in [0.717, 1.165) is 22.4 Å². The quantitative estimate of drug-likeness (QED) is 0.521. The van der Waals surface area contributed by atoms with E-state index in [2.05, 4.69) is 21.4 Å². The molecule has 1 N–H and O–H groups in total. The molecule has 0 saturated carbocycles. The van der Waals surface area contributed by atoms with Gasteiger partial charge in [0.1, 0.15) is 5.03 Å². The van der Waals surface area contributed by atoms with Crippen molar-refractivity contribution in [3.8, 4) is 0 Å². The number of amides is 1. The maximum absolute atomic E-state index is 13.2. The zero-order chi connectivity index (χ0) is 18.5. The predicted molar refractivity (Wildman–Crippen MR) is 102 cm³/mol.